The van der Waals surface area contributed by atoms with Crippen molar-refractivity contribution in [1.29, 1.82) is 0 Å². The van der Waals surface area contributed by atoms with Crippen LogP contribution < -0.4 is 0 Å². The SMILES string of the molecule is CC(C)(O)CC[C@H]1OC(C)(C)O[C@]1(C)[C@H]1CC[C@@]2(O)C3=CC(=O)[C@@H]4C[C@@H](O)[C@H](O)C[C@]4(C)[C@H]3CC[C@]12C. The number of fused-ring (bicyclic) bond motifs is 5. The molecule has 0 aromatic carbocycles. The van der Waals surface area contributed by atoms with E-state index in [4.69, 9.17) is 9.47 Å². The average Bonchev–Trinajstić information content (AvgIpc) is 3.17. The number of rotatable bonds is 4. The van der Waals surface area contributed by atoms with Crippen LogP contribution in [0.2, 0.25) is 0 Å². The maximum atomic E-state index is 13.4. The summed E-state index contributed by atoms with van der Waals surface area (Å²) in [7, 11) is 0. The van der Waals surface area contributed by atoms with Crippen LogP contribution in [0.15, 0.2) is 11.6 Å². The number of aliphatic hydroxyl groups excluding tert-OH is 2. The Hall–Kier alpha value is -0.830. The Labute approximate surface area is 221 Å². The Kier molecular flexibility index (Phi) is 6.25. The molecule has 37 heavy (non-hydrogen) atoms. The molecule has 0 radical (unpaired) electrons. The molecule has 4 fully saturated rings. The summed E-state index contributed by atoms with van der Waals surface area (Å²) < 4.78 is 13.1. The highest BCUT2D eigenvalue weighted by molar-refractivity contribution is 5.95. The smallest absolute Gasteiger partial charge is 0.164 e. The van der Waals surface area contributed by atoms with Gasteiger partial charge in [0.1, 0.15) is 0 Å². The maximum absolute atomic E-state index is 13.4. The molecule has 0 aromatic rings. The number of allylic oxidation sites excluding steroid dienone is 1. The Morgan fingerprint density at radius 1 is 1.03 bits per heavy atom. The first-order valence-electron chi connectivity index (χ1n) is 14.3. The van der Waals surface area contributed by atoms with Gasteiger partial charge in [-0.1, -0.05) is 13.8 Å². The van der Waals surface area contributed by atoms with E-state index in [0.717, 1.165) is 24.8 Å². The topological polar surface area (TPSA) is 116 Å². The van der Waals surface area contributed by atoms with E-state index in [0.29, 0.717) is 25.7 Å². The molecular weight excluding hydrogens is 472 g/mol. The lowest BCUT2D eigenvalue weighted by Gasteiger charge is -2.60. The van der Waals surface area contributed by atoms with Gasteiger partial charge in [-0.3, -0.25) is 4.79 Å². The molecule has 7 heteroatoms. The second-order valence-electron chi connectivity index (χ2n) is 14.7. The van der Waals surface area contributed by atoms with E-state index in [-0.39, 0.29) is 36.1 Å². The molecular formula is C30H48O7. The maximum Gasteiger partial charge on any atom is 0.164 e. The van der Waals surface area contributed by atoms with Gasteiger partial charge >= 0.3 is 0 Å². The lowest BCUT2D eigenvalue weighted by atomic mass is 9.45. The number of carbonyl (C=O) groups is 1. The van der Waals surface area contributed by atoms with Gasteiger partial charge in [-0.2, -0.15) is 0 Å². The molecule has 1 saturated heterocycles. The van der Waals surface area contributed by atoms with Crippen LogP contribution in [0.4, 0.5) is 0 Å². The fourth-order valence-corrected chi connectivity index (χ4v) is 9.49. The molecule has 3 saturated carbocycles. The molecule has 5 rings (SSSR count). The number of carbonyl (C=O) groups excluding carboxylic acids is 1. The number of hydrogen-bond donors (Lipinski definition) is 4. The Morgan fingerprint density at radius 3 is 2.35 bits per heavy atom. The van der Waals surface area contributed by atoms with Crippen LogP contribution in [0, 0.1) is 28.6 Å². The monoisotopic (exact) mass is 520 g/mol. The Bertz CT molecular complexity index is 983. The molecule has 0 bridgehead atoms. The van der Waals surface area contributed by atoms with Crippen LogP contribution in [0.5, 0.6) is 0 Å². The molecule has 1 aliphatic heterocycles. The molecule has 0 unspecified atom stereocenters. The van der Waals surface area contributed by atoms with Crippen LogP contribution in [-0.4, -0.2) is 67.1 Å². The predicted octanol–water partition coefficient (Wildman–Crippen LogP) is 3.65. The number of ether oxygens (including phenoxy) is 2. The van der Waals surface area contributed by atoms with Crippen molar-refractivity contribution < 1.29 is 34.7 Å². The third kappa shape index (κ3) is 4.02. The summed E-state index contributed by atoms with van der Waals surface area (Å²) in [5, 5.41) is 43.9. The minimum Gasteiger partial charge on any atom is -0.390 e. The van der Waals surface area contributed by atoms with E-state index < -0.39 is 45.6 Å². The van der Waals surface area contributed by atoms with E-state index in [1.807, 2.05) is 27.7 Å². The highest BCUT2D eigenvalue weighted by atomic mass is 16.8. The number of aliphatic hydroxyl groups is 4. The molecule has 0 amide bonds. The van der Waals surface area contributed by atoms with E-state index in [1.165, 1.54) is 0 Å². The van der Waals surface area contributed by atoms with Crippen molar-refractivity contribution in [2.75, 3.05) is 0 Å². The molecule has 1 heterocycles. The summed E-state index contributed by atoms with van der Waals surface area (Å²) >= 11 is 0. The van der Waals surface area contributed by atoms with Gasteiger partial charge in [-0.25, -0.2) is 0 Å². The highest BCUT2D eigenvalue weighted by Gasteiger charge is 2.71. The predicted molar refractivity (Wildman–Crippen MR) is 138 cm³/mol. The van der Waals surface area contributed by atoms with Crippen LogP contribution in [0.25, 0.3) is 0 Å². The van der Waals surface area contributed by atoms with Gasteiger partial charge in [0.25, 0.3) is 0 Å². The van der Waals surface area contributed by atoms with Crippen LogP contribution >= 0.6 is 0 Å². The van der Waals surface area contributed by atoms with Crippen molar-refractivity contribution in [2.45, 2.75) is 141 Å². The first-order chi connectivity index (χ1) is 16.9. The first-order valence-corrected chi connectivity index (χ1v) is 14.3. The van der Waals surface area contributed by atoms with Crippen LogP contribution in [0.3, 0.4) is 0 Å². The van der Waals surface area contributed by atoms with Gasteiger partial charge in [-0.15, -0.1) is 0 Å². The van der Waals surface area contributed by atoms with Crippen molar-refractivity contribution in [3.8, 4) is 0 Å². The van der Waals surface area contributed by atoms with Crippen LogP contribution in [-0.2, 0) is 14.3 Å². The summed E-state index contributed by atoms with van der Waals surface area (Å²) in [6.45, 7) is 13.8. The van der Waals surface area contributed by atoms with Gasteiger partial charge < -0.3 is 29.9 Å². The molecule has 210 valence electrons. The largest absolute Gasteiger partial charge is 0.390 e. The van der Waals surface area contributed by atoms with Gasteiger partial charge in [0, 0.05) is 11.3 Å². The average molecular weight is 521 g/mol. The minimum absolute atomic E-state index is 0.000157. The molecule has 7 nitrogen and oxygen atoms in total. The Balaban J connectivity index is 1.51. The van der Waals surface area contributed by atoms with E-state index in [2.05, 4.69) is 20.8 Å². The number of ketones is 1. The zero-order chi connectivity index (χ0) is 27.4. The van der Waals surface area contributed by atoms with Crippen molar-refractivity contribution >= 4 is 5.78 Å². The van der Waals surface area contributed by atoms with Gasteiger partial charge in [0.15, 0.2) is 11.6 Å². The van der Waals surface area contributed by atoms with Gasteiger partial charge in [-0.05, 0) is 115 Å². The van der Waals surface area contributed by atoms with Crippen molar-refractivity contribution in [3.05, 3.63) is 11.6 Å². The minimum atomic E-state index is -1.15. The van der Waals surface area contributed by atoms with E-state index in [9.17, 15) is 25.2 Å². The fourth-order valence-electron chi connectivity index (χ4n) is 9.49. The lowest BCUT2D eigenvalue weighted by Crippen LogP contribution is -2.62. The lowest BCUT2D eigenvalue weighted by molar-refractivity contribution is -0.191. The summed E-state index contributed by atoms with van der Waals surface area (Å²) in [4.78, 5) is 13.4. The number of hydrogen-bond acceptors (Lipinski definition) is 7. The first kappa shape index (κ1) is 27.7. The molecule has 10 atom stereocenters. The Morgan fingerprint density at radius 2 is 1.70 bits per heavy atom. The van der Waals surface area contributed by atoms with Gasteiger partial charge in [0.05, 0.1) is 35.1 Å². The highest BCUT2D eigenvalue weighted by Crippen LogP contribution is 2.69. The second-order valence-corrected chi connectivity index (χ2v) is 14.7. The van der Waals surface area contributed by atoms with E-state index >= 15 is 0 Å². The second kappa shape index (κ2) is 8.34. The summed E-state index contributed by atoms with van der Waals surface area (Å²) in [6, 6.07) is 0. The zero-order valence-corrected chi connectivity index (χ0v) is 23.7. The van der Waals surface area contributed by atoms with Gasteiger partial charge in [0.2, 0.25) is 0 Å². The third-order valence-corrected chi connectivity index (χ3v) is 11.4. The van der Waals surface area contributed by atoms with E-state index in [1.54, 1.807) is 6.08 Å². The summed E-state index contributed by atoms with van der Waals surface area (Å²) in [5.74, 6) is -1.14. The molecule has 0 spiro atoms. The van der Waals surface area contributed by atoms with Crippen molar-refractivity contribution in [1.82, 2.24) is 0 Å². The normalized spacial score (nSPS) is 51.3. The van der Waals surface area contributed by atoms with Crippen molar-refractivity contribution in [3.63, 3.8) is 0 Å². The third-order valence-electron chi connectivity index (χ3n) is 11.4. The standard InChI is InChI=1S/C30H48O7/c1-25(2,34)11-10-24-29(7,37-26(3,4)36-24)23-9-13-30(35)18-14-20(31)19-15-21(32)22(33)16-27(19,5)17(18)8-12-28(23,30)6/h14,17,19,21-24,32-35H,8-13,15-16H2,1-7H3/t17-,19-,21+,22+,23-,24+,27+,28+,29+,30+/m0/s1. The summed E-state index contributed by atoms with van der Waals surface area (Å²) in [5.41, 5.74) is -2.79. The van der Waals surface area contributed by atoms with Crippen LogP contribution in [0.1, 0.15) is 99.8 Å². The quantitative estimate of drug-likeness (QED) is 0.447. The van der Waals surface area contributed by atoms with Crippen molar-refractivity contribution in [2.24, 2.45) is 28.6 Å². The fraction of sp³-hybridized carbons (Fsp3) is 0.900. The summed E-state index contributed by atoms with van der Waals surface area (Å²) in [6.07, 6.45) is 4.51. The molecule has 5 aliphatic rings. The zero-order valence-electron chi connectivity index (χ0n) is 23.7. The molecule has 4 N–H and O–H groups in total. The molecule has 0 aromatic heterocycles. The molecule has 4 aliphatic carbocycles.